The molecule has 0 saturated heterocycles. The van der Waals surface area contributed by atoms with E-state index < -0.39 is 10.3 Å². The molecule has 0 atom stereocenters. The van der Waals surface area contributed by atoms with Crippen molar-refractivity contribution >= 4 is 10.3 Å². The second-order valence-electron chi connectivity index (χ2n) is 1.89. The van der Waals surface area contributed by atoms with Gasteiger partial charge in [0.15, 0.2) is 0 Å². The molecule has 0 aliphatic heterocycles. The van der Waals surface area contributed by atoms with Gasteiger partial charge in [0.2, 0.25) is 0 Å². The maximum atomic E-state index is 10.4. The van der Waals surface area contributed by atoms with E-state index in [1.807, 2.05) is 0 Å². The first-order chi connectivity index (χ1) is 4.50. The SMILES string of the molecule is C[n+]1ccn(S(=O)(=O)O)c1. The van der Waals surface area contributed by atoms with Gasteiger partial charge < -0.3 is 0 Å². The highest BCUT2D eigenvalue weighted by molar-refractivity contribution is 7.84. The van der Waals surface area contributed by atoms with E-state index in [9.17, 15) is 8.42 Å². The number of nitrogens with zero attached hydrogens (tertiary/aromatic N) is 2. The number of hydrogen-bond acceptors (Lipinski definition) is 2. The van der Waals surface area contributed by atoms with Gasteiger partial charge in [-0.2, -0.15) is 8.42 Å². The number of rotatable bonds is 1. The van der Waals surface area contributed by atoms with Crippen LogP contribution in [0.25, 0.3) is 0 Å². The molecule has 0 spiro atoms. The van der Waals surface area contributed by atoms with Crippen LogP contribution in [0.5, 0.6) is 0 Å². The lowest BCUT2D eigenvalue weighted by atomic mass is 10.9. The first-order valence-electron chi connectivity index (χ1n) is 2.51. The third kappa shape index (κ3) is 1.34. The van der Waals surface area contributed by atoms with Crippen molar-refractivity contribution in [1.82, 2.24) is 3.97 Å². The topological polar surface area (TPSA) is 63.2 Å². The zero-order valence-corrected chi connectivity index (χ0v) is 6.11. The number of aryl methyl sites for hydroxylation is 1. The maximum absolute atomic E-state index is 10.4. The predicted molar refractivity (Wildman–Crippen MR) is 32.6 cm³/mol. The fourth-order valence-corrected chi connectivity index (χ4v) is 1.04. The molecule has 0 aromatic carbocycles. The molecule has 1 N–H and O–H groups in total. The van der Waals surface area contributed by atoms with Gasteiger partial charge in [0, 0.05) is 0 Å². The molecule has 0 amide bonds. The molecule has 5 nitrogen and oxygen atoms in total. The van der Waals surface area contributed by atoms with Gasteiger partial charge >= 0.3 is 10.3 Å². The molecule has 10 heavy (non-hydrogen) atoms. The van der Waals surface area contributed by atoms with Gasteiger partial charge in [-0.15, -0.1) is 3.97 Å². The van der Waals surface area contributed by atoms with Crippen molar-refractivity contribution in [2.75, 3.05) is 0 Å². The summed E-state index contributed by atoms with van der Waals surface area (Å²) in [6, 6.07) is 0. The Hall–Kier alpha value is -0.880. The van der Waals surface area contributed by atoms with Crippen LogP contribution in [0, 0.1) is 0 Å². The normalized spacial score (nSPS) is 11.8. The summed E-state index contributed by atoms with van der Waals surface area (Å²) in [4.78, 5) is 0. The summed E-state index contributed by atoms with van der Waals surface area (Å²) in [5.74, 6) is 0. The highest BCUT2D eigenvalue weighted by atomic mass is 32.2. The minimum absolute atomic E-state index is 0.715. The second-order valence-corrected chi connectivity index (χ2v) is 3.20. The van der Waals surface area contributed by atoms with Crippen LogP contribution >= 0.6 is 0 Å². The fraction of sp³-hybridized carbons (Fsp3) is 0.250. The summed E-state index contributed by atoms with van der Waals surface area (Å²) >= 11 is 0. The van der Waals surface area contributed by atoms with Gasteiger partial charge in [0.1, 0.15) is 12.4 Å². The van der Waals surface area contributed by atoms with Crippen LogP contribution in [0.15, 0.2) is 18.7 Å². The summed E-state index contributed by atoms with van der Waals surface area (Å²) in [5, 5.41) is 0. The van der Waals surface area contributed by atoms with Crippen LogP contribution in [0.3, 0.4) is 0 Å². The van der Waals surface area contributed by atoms with Crippen LogP contribution < -0.4 is 4.57 Å². The van der Waals surface area contributed by atoms with Crippen LogP contribution in [0.2, 0.25) is 0 Å². The van der Waals surface area contributed by atoms with Crippen molar-refractivity contribution in [1.29, 1.82) is 0 Å². The van der Waals surface area contributed by atoms with E-state index in [1.54, 1.807) is 7.05 Å². The molecule has 1 rings (SSSR count). The van der Waals surface area contributed by atoms with Gasteiger partial charge in [-0.05, 0) is 0 Å². The Morgan fingerprint density at radius 1 is 1.60 bits per heavy atom. The first kappa shape index (κ1) is 7.23. The van der Waals surface area contributed by atoms with E-state index in [4.69, 9.17) is 4.55 Å². The van der Waals surface area contributed by atoms with E-state index in [0.29, 0.717) is 3.97 Å². The van der Waals surface area contributed by atoms with Gasteiger partial charge in [-0.3, -0.25) is 4.55 Å². The van der Waals surface area contributed by atoms with E-state index >= 15 is 0 Å². The zero-order valence-electron chi connectivity index (χ0n) is 5.30. The first-order valence-corrected chi connectivity index (χ1v) is 3.91. The Morgan fingerprint density at radius 3 is 2.40 bits per heavy atom. The number of imidazole rings is 1. The average molecular weight is 163 g/mol. The average Bonchev–Trinajstić information content (AvgIpc) is 2.11. The predicted octanol–water partition coefficient (Wildman–Crippen LogP) is -1.04. The Labute approximate surface area is 58.4 Å². The Balaban J connectivity index is 3.21. The summed E-state index contributed by atoms with van der Waals surface area (Å²) in [6.07, 6.45) is 4.00. The molecule has 1 aromatic heterocycles. The maximum Gasteiger partial charge on any atom is 0.439 e. The Kier molecular flexibility index (Phi) is 1.49. The lowest BCUT2D eigenvalue weighted by Crippen LogP contribution is -2.24. The minimum atomic E-state index is -4.09. The molecule has 1 aromatic rings. The van der Waals surface area contributed by atoms with E-state index in [2.05, 4.69) is 0 Å². The summed E-state index contributed by atoms with van der Waals surface area (Å²) in [5.41, 5.74) is 0. The van der Waals surface area contributed by atoms with E-state index in [-0.39, 0.29) is 0 Å². The van der Waals surface area contributed by atoms with Crippen LogP contribution in [-0.4, -0.2) is 16.9 Å². The molecule has 6 heteroatoms. The molecule has 56 valence electrons. The van der Waals surface area contributed by atoms with Crippen molar-refractivity contribution in [3.8, 4) is 0 Å². The number of hydrogen-bond donors (Lipinski definition) is 1. The van der Waals surface area contributed by atoms with E-state index in [1.165, 1.54) is 23.3 Å². The Morgan fingerprint density at radius 2 is 2.20 bits per heavy atom. The number of aromatic nitrogens is 2. The summed E-state index contributed by atoms with van der Waals surface area (Å²) < 4.78 is 31.3. The third-order valence-corrected chi connectivity index (χ3v) is 1.76. The monoisotopic (exact) mass is 163 g/mol. The molecule has 1 heterocycles. The van der Waals surface area contributed by atoms with E-state index in [0.717, 1.165) is 0 Å². The summed E-state index contributed by atoms with van der Waals surface area (Å²) in [7, 11) is -2.43. The van der Waals surface area contributed by atoms with Gasteiger partial charge in [0.25, 0.3) is 6.33 Å². The lowest BCUT2D eigenvalue weighted by molar-refractivity contribution is -0.670. The smallest absolute Gasteiger partial charge is 0.251 e. The highest BCUT2D eigenvalue weighted by Crippen LogP contribution is 1.87. The molecule has 0 saturated carbocycles. The van der Waals surface area contributed by atoms with Crippen LogP contribution in [-0.2, 0) is 17.4 Å². The van der Waals surface area contributed by atoms with Crippen molar-refractivity contribution in [2.24, 2.45) is 7.05 Å². The molecule has 0 fully saturated rings. The summed E-state index contributed by atoms with van der Waals surface area (Å²) in [6.45, 7) is 0. The van der Waals surface area contributed by atoms with Crippen molar-refractivity contribution in [2.45, 2.75) is 0 Å². The van der Waals surface area contributed by atoms with Gasteiger partial charge in [-0.25, -0.2) is 4.57 Å². The highest BCUT2D eigenvalue weighted by Gasteiger charge is 2.13. The zero-order chi connectivity index (χ0) is 7.78. The third-order valence-electron chi connectivity index (χ3n) is 1.01. The minimum Gasteiger partial charge on any atom is -0.251 e. The molecular formula is C4H7N2O3S+. The van der Waals surface area contributed by atoms with Crippen molar-refractivity contribution in [3.63, 3.8) is 0 Å². The van der Waals surface area contributed by atoms with Gasteiger partial charge in [0.05, 0.1) is 7.05 Å². The quantitative estimate of drug-likeness (QED) is 0.425. The molecule has 0 aliphatic carbocycles. The molecule has 0 unspecified atom stereocenters. The fourth-order valence-electron chi connectivity index (χ4n) is 0.564. The van der Waals surface area contributed by atoms with Crippen molar-refractivity contribution < 1.29 is 17.5 Å². The Bertz CT molecular complexity index is 326. The lowest BCUT2D eigenvalue weighted by Gasteiger charge is -1.84. The largest absolute Gasteiger partial charge is 0.439 e. The molecule has 0 bridgehead atoms. The van der Waals surface area contributed by atoms with Crippen LogP contribution in [0.1, 0.15) is 0 Å². The molecular weight excluding hydrogens is 156 g/mol. The van der Waals surface area contributed by atoms with Crippen LogP contribution in [0.4, 0.5) is 0 Å². The standard InChI is InChI=1S/C4H6N2O3S/c1-5-2-3-6(4-5)10(7,8)9/h2-4H,1H3/p+1. The van der Waals surface area contributed by atoms with Crippen molar-refractivity contribution in [3.05, 3.63) is 18.7 Å². The molecule has 0 aliphatic rings. The van der Waals surface area contributed by atoms with Gasteiger partial charge in [-0.1, -0.05) is 0 Å². The second kappa shape index (κ2) is 2.06. The molecule has 0 radical (unpaired) electrons.